The summed E-state index contributed by atoms with van der Waals surface area (Å²) < 4.78 is 16.2. The molecular weight excluding hydrogens is 410 g/mol. The molecule has 1 aliphatic rings. The molecule has 0 radical (unpaired) electrons. The maximum absolute atomic E-state index is 12.7. The Morgan fingerprint density at radius 3 is 2.59 bits per heavy atom. The van der Waals surface area contributed by atoms with Crippen LogP contribution in [0.25, 0.3) is 11.0 Å². The molecule has 168 valence electrons. The number of benzene rings is 2. The van der Waals surface area contributed by atoms with Crippen LogP contribution < -0.4 is 20.4 Å². The lowest BCUT2D eigenvalue weighted by atomic mass is 10.00. The second-order valence-corrected chi connectivity index (χ2v) is 8.14. The van der Waals surface area contributed by atoms with Gasteiger partial charge in [-0.25, -0.2) is 4.79 Å². The quantitative estimate of drug-likeness (QED) is 0.568. The van der Waals surface area contributed by atoms with E-state index in [1.54, 1.807) is 33.3 Å². The van der Waals surface area contributed by atoms with Crippen molar-refractivity contribution in [1.29, 1.82) is 0 Å². The van der Waals surface area contributed by atoms with E-state index in [1.165, 1.54) is 0 Å². The minimum atomic E-state index is -0.473. The van der Waals surface area contributed by atoms with Crippen molar-refractivity contribution in [3.05, 3.63) is 62.5 Å². The number of rotatable bonds is 6. The number of aromatic hydroxyl groups is 1. The number of aryl methyl sites for hydroxylation is 3. The number of hydrogen-bond acceptors (Lipinski definition) is 6. The van der Waals surface area contributed by atoms with Crippen molar-refractivity contribution >= 4 is 16.9 Å². The summed E-state index contributed by atoms with van der Waals surface area (Å²) >= 11 is 0. The van der Waals surface area contributed by atoms with E-state index in [-0.39, 0.29) is 30.5 Å². The summed E-state index contributed by atoms with van der Waals surface area (Å²) in [5.41, 5.74) is 3.86. The third kappa shape index (κ3) is 3.79. The van der Waals surface area contributed by atoms with Crippen LogP contribution in [0.2, 0.25) is 0 Å². The molecule has 3 aromatic rings. The summed E-state index contributed by atoms with van der Waals surface area (Å²) in [6.45, 7) is 3.55. The van der Waals surface area contributed by atoms with Gasteiger partial charge < -0.3 is 24.3 Å². The van der Waals surface area contributed by atoms with E-state index in [0.29, 0.717) is 28.2 Å². The van der Waals surface area contributed by atoms with Gasteiger partial charge in [-0.1, -0.05) is 0 Å². The Morgan fingerprint density at radius 2 is 1.88 bits per heavy atom. The van der Waals surface area contributed by atoms with Gasteiger partial charge in [0.1, 0.15) is 11.3 Å². The molecular formula is C25H27NO6. The molecule has 1 heterocycles. The zero-order valence-electron chi connectivity index (χ0n) is 18.7. The smallest absolute Gasteiger partial charge is 0.339 e. The largest absolute Gasteiger partial charge is 0.508 e. The van der Waals surface area contributed by atoms with Crippen LogP contribution in [0.1, 0.15) is 46.7 Å². The van der Waals surface area contributed by atoms with Crippen molar-refractivity contribution in [1.82, 2.24) is 5.32 Å². The molecule has 1 aliphatic carbocycles. The third-order valence-corrected chi connectivity index (χ3v) is 6.34. The van der Waals surface area contributed by atoms with Crippen molar-refractivity contribution < 1.29 is 23.8 Å². The highest BCUT2D eigenvalue weighted by Gasteiger charge is 2.26. The number of nitrogens with one attached hydrogen (secondary N) is 1. The topological polar surface area (TPSA) is 98.0 Å². The lowest BCUT2D eigenvalue weighted by Crippen LogP contribution is -2.28. The monoisotopic (exact) mass is 437 g/mol. The molecule has 0 bridgehead atoms. The number of phenols is 1. The Morgan fingerprint density at radius 1 is 1.16 bits per heavy atom. The van der Waals surface area contributed by atoms with Crippen LogP contribution in [0.4, 0.5) is 0 Å². The first-order chi connectivity index (χ1) is 15.3. The van der Waals surface area contributed by atoms with Crippen molar-refractivity contribution in [2.75, 3.05) is 14.2 Å². The first-order valence-electron chi connectivity index (χ1n) is 10.6. The molecule has 0 fully saturated rings. The number of carbonyl (C=O) groups is 1. The maximum atomic E-state index is 12.7. The minimum Gasteiger partial charge on any atom is -0.508 e. The van der Waals surface area contributed by atoms with Gasteiger partial charge in [-0.3, -0.25) is 4.79 Å². The Labute approximate surface area is 186 Å². The molecule has 0 aliphatic heterocycles. The molecule has 1 amide bonds. The van der Waals surface area contributed by atoms with E-state index in [0.717, 1.165) is 34.9 Å². The van der Waals surface area contributed by atoms with Gasteiger partial charge in [0.2, 0.25) is 5.91 Å². The number of fused-ring (bicyclic) bond motifs is 2. The molecule has 1 unspecified atom stereocenters. The fraction of sp³-hybridized carbons (Fsp3) is 0.360. The van der Waals surface area contributed by atoms with Crippen LogP contribution in [-0.4, -0.2) is 25.2 Å². The van der Waals surface area contributed by atoms with Crippen molar-refractivity contribution in [2.24, 2.45) is 0 Å². The summed E-state index contributed by atoms with van der Waals surface area (Å²) in [7, 11) is 3.20. The summed E-state index contributed by atoms with van der Waals surface area (Å²) in [4.78, 5) is 25.3. The molecule has 32 heavy (non-hydrogen) atoms. The van der Waals surface area contributed by atoms with Gasteiger partial charge in [-0.05, 0) is 74.1 Å². The number of carbonyl (C=O) groups excluding carboxylic acids is 1. The summed E-state index contributed by atoms with van der Waals surface area (Å²) in [6.07, 6.45) is 2.10. The van der Waals surface area contributed by atoms with Gasteiger partial charge in [0, 0.05) is 22.9 Å². The summed E-state index contributed by atoms with van der Waals surface area (Å²) in [5.74, 6) is 1.27. The Bertz CT molecular complexity index is 1260. The van der Waals surface area contributed by atoms with Gasteiger partial charge >= 0.3 is 5.63 Å². The SMILES string of the molecule is COc1cc2c(cc1OC)C(NC(=O)CCc1c(C)c3ccc(O)c(C)c3oc1=O)CC2. The van der Waals surface area contributed by atoms with Gasteiger partial charge in [0.25, 0.3) is 0 Å². The first-order valence-corrected chi connectivity index (χ1v) is 10.6. The molecule has 1 atom stereocenters. The Kier molecular flexibility index (Phi) is 5.82. The van der Waals surface area contributed by atoms with E-state index < -0.39 is 5.63 Å². The molecule has 0 spiro atoms. The highest BCUT2D eigenvalue weighted by Crippen LogP contribution is 2.39. The molecule has 2 N–H and O–H groups in total. The molecule has 1 aromatic heterocycles. The number of phenolic OH excluding ortho intramolecular Hbond substituents is 1. The maximum Gasteiger partial charge on any atom is 0.339 e. The van der Waals surface area contributed by atoms with E-state index in [4.69, 9.17) is 13.9 Å². The Balaban J connectivity index is 1.50. The highest BCUT2D eigenvalue weighted by molar-refractivity contribution is 5.85. The predicted octanol–water partition coefficient (Wildman–Crippen LogP) is 3.87. The van der Waals surface area contributed by atoms with Gasteiger partial charge in [-0.2, -0.15) is 0 Å². The van der Waals surface area contributed by atoms with Crippen LogP contribution in [0.15, 0.2) is 33.5 Å². The van der Waals surface area contributed by atoms with Crippen LogP contribution in [-0.2, 0) is 17.6 Å². The summed E-state index contributed by atoms with van der Waals surface area (Å²) in [5, 5.41) is 13.7. The van der Waals surface area contributed by atoms with E-state index in [9.17, 15) is 14.7 Å². The van der Waals surface area contributed by atoms with Crippen molar-refractivity contribution in [2.45, 2.75) is 45.6 Å². The molecule has 7 heteroatoms. The predicted molar refractivity (Wildman–Crippen MR) is 121 cm³/mol. The molecule has 2 aromatic carbocycles. The summed E-state index contributed by atoms with van der Waals surface area (Å²) in [6, 6.07) is 7.10. The Hall–Kier alpha value is -3.48. The minimum absolute atomic E-state index is 0.0817. The van der Waals surface area contributed by atoms with E-state index >= 15 is 0 Å². The van der Waals surface area contributed by atoms with Gasteiger partial charge in [0.15, 0.2) is 11.5 Å². The molecule has 0 saturated carbocycles. The number of hydrogen-bond donors (Lipinski definition) is 2. The second-order valence-electron chi connectivity index (χ2n) is 8.14. The number of methoxy groups -OCH3 is 2. The van der Waals surface area contributed by atoms with Crippen molar-refractivity contribution in [3.8, 4) is 17.2 Å². The standard InChI is InChI=1S/C25H27NO6/c1-13-16-6-9-20(27)14(2)24(16)32-25(29)17(13)7-10-23(28)26-19-8-5-15-11-21(30-3)22(31-4)12-18(15)19/h6,9,11-12,19,27H,5,7-8,10H2,1-4H3,(H,26,28). The van der Waals surface area contributed by atoms with E-state index in [2.05, 4.69) is 5.32 Å². The molecule has 7 nitrogen and oxygen atoms in total. The van der Waals surface area contributed by atoms with Crippen LogP contribution in [0, 0.1) is 13.8 Å². The normalized spacial score (nSPS) is 14.9. The average Bonchev–Trinajstić information content (AvgIpc) is 3.16. The molecule has 4 rings (SSSR count). The van der Waals surface area contributed by atoms with Crippen LogP contribution in [0.3, 0.4) is 0 Å². The van der Waals surface area contributed by atoms with E-state index in [1.807, 2.05) is 19.1 Å². The van der Waals surface area contributed by atoms with Crippen LogP contribution >= 0.6 is 0 Å². The fourth-order valence-corrected chi connectivity index (χ4v) is 4.46. The zero-order valence-corrected chi connectivity index (χ0v) is 18.7. The van der Waals surface area contributed by atoms with Gasteiger partial charge in [0.05, 0.1) is 20.3 Å². The lowest BCUT2D eigenvalue weighted by molar-refractivity contribution is -0.121. The average molecular weight is 437 g/mol. The highest BCUT2D eigenvalue weighted by atomic mass is 16.5. The lowest BCUT2D eigenvalue weighted by Gasteiger charge is -2.16. The first kappa shape index (κ1) is 21.7. The number of ether oxygens (including phenoxy) is 2. The van der Waals surface area contributed by atoms with Gasteiger partial charge in [-0.15, -0.1) is 0 Å². The van der Waals surface area contributed by atoms with Crippen molar-refractivity contribution in [3.63, 3.8) is 0 Å². The number of amides is 1. The molecule has 0 saturated heterocycles. The van der Waals surface area contributed by atoms with Crippen LogP contribution in [0.5, 0.6) is 17.2 Å². The third-order valence-electron chi connectivity index (χ3n) is 6.34. The zero-order chi connectivity index (χ0) is 23.0. The second kappa shape index (κ2) is 8.57. The fourth-order valence-electron chi connectivity index (χ4n) is 4.46.